The fourth-order valence-electron chi connectivity index (χ4n) is 3.29. The highest BCUT2D eigenvalue weighted by atomic mass is 28.4. The number of hydrogen-bond acceptors (Lipinski definition) is 4. The van der Waals surface area contributed by atoms with Gasteiger partial charge in [-0.05, 0) is 49.2 Å². The summed E-state index contributed by atoms with van der Waals surface area (Å²) in [5.74, 6) is 0.958. The Morgan fingerprint density at radius 3 is 2.48 bits per heavy atom. The van der Waals surface area contributed by atoms with Crippen LogP contribution in [0.4, 0.5) is 0 Å². The Morgan fingerprint density at radius 1 is 1.22 bits per heavy atom. The Morgan fingerprint density at radius 2 is 1.93 bits per heavy atom. The van der Waals surface area contributed by atoms with Crippen LogP contribution >= 0.6 is 0 Å². The molecule has 1 unspecified atom stereocenters. The predicted octanol–water partition coefficient (Wildman–Crippen LogP) is 4.52. The molecule has 0 saturated carbocycles. The minimum absolute atomic E-state index is 0.220. The lowest BCUT2D eigenvalue weighted by molar-refractivity contribution is 0.120. The van der Waals surface area contributed by atoms with E-state index in [2.05, 4.69) is 57.0 Å². The first-order valence-corrected chi connectivity index (χ1v) is 13.0. The molecule has 0 aromatic heterocycles. The van der Waals surface area contributed by atoms with Crippen molar-refractivity contribution in [3.63, 3.8) is 0 Å². The van der Waals surface area contributed by atoms with Gasteiger partial charge in [0.25, 0.3) is 0 Å². The van der Waals surface area contributed by atoms with Gasteiger partial charge >= 0.3 is 0 Å². The molecule has 0 radical (unpaired) electrons. The third-order valence-electron chi connectivity index (χ3n) is 5.96. The second kappa shape index (κ2) is 9.37. The van der Waals surface area contributed by atoms with Gasteiger partial charge in [-0.15, -0.1) is 0 Å². The number of methoxy groups -OCH3 is 1. The number of hydrogen-bond donors (Lipinski definition) is 1. The Labute approximate surface area is 166 Å². The van der Waals surface area contributed by atoms with Gasteiger partial charge in [0, 0.05) is 25.2 Å². The first-order valence-electron chi connectivity index (χ1n) is 10.1. The summed E-state index contributed by atoms with van der Waals surface area (Å²) in [6.07, 6.45) is 4.52. The Kier molecular flexibility index (Phi) is 7.69. The maximum atomic E-state index is 6.67. The van der Waals surface area contributed by atoms with E-state index in [-0.39, 0.29) is 11.1 Å². The van der Waals surface area contributed by atoms with Gasteiger partial charge in [-0.3, -0.25) is 4.90 Å². The first-order chi connectivity index (χ1) is 12.7. The molecule has 0 bridgehead atoms. The third-order valence-corrected chi connectivity index (χ3v) is 10.5. The second-order valence-corrected chi connectivity index (χ2v) is 13.8. The Bertz CT molecular complexity index is 637. The van der Waals surface area contributed by atoms with Crippen LogP contribution < -0.4 is 10.5 Å². The SMILES string of the molecule is COc1ccccc1C1=CCN(CC(CCN)O[Si](C)(C)C(C)(C)C)CC1. The number of nitrogens with two attached hydrogens (primary N) is 1. The smallest absolute Gasteiger partial charge is 0.192 e. The van der Waals surface area contributed by atoms with Crippen LogP contribution in [0.15, 0.2) is 30.3 Å². The lowest BCUT2D eigenvalue weighted by Gasteiger charge is -2.41. The summed E-state index contributed by atoms with van der Waals surface area (Å²) in [7, 11) is -0.0422. The van der Waals surface area contributed by atoms with E-state index in [1.54, 1.807) is 7.11 Å². The van der Waals surface area contributed by atoms with Gasteiger partial charge in [-0.1, -0.05) is 45.0 Å². The maximum absolute atomic E-state index is 6.67. The first kappa shape index (κ1) is 22.1. The summed E-state index contributed by atoms with van der Waals surface area (Å²) < 4.78 is 12.2. The number of rotatable bonds is 8. The van der Waals surface area contributed by atoms with Gasteiger partial charge in [-0.2, -0.15) is 0 Å². The van der Waals surface area contributed by atoms with Crippen molar-refractivity contribution in [2.24, 2.45) is 5.73 Å². The second-order valence-electron chi connectivity index (χ2n) is 9.02. The van der Waals surface area contributed by atoms with Crippen molar-refractivity contribution in [1.29, 1.82) is 0 Å². The molecule has 0 saturated heterocycles. The maximum Gasteiger partial charge on any atom is 0.192 e. The number of ether oxygens (including phenoxy) is 1. The summed E-state index contributed by atoms with van der Waals surface area (Å²) in [6.45, 7) is 15.2. The van der Waals surface area contributed by atoms with Crippen molar-refractivity contribution < 1.29 is 9.16 Å². The van der Waals surface area contributed by atoms with Crippen molar-refractivity contribution in [2.45, 2.75) is 57.8 Å². The van der Waals surface area contributed by atoms with E-state index in [1.807, 2.05) is 12.1 Å². The van der Waals surface area contributed by atoms with E-state index in [0.29, 0.717) is 6.54 Å². The van der Waals surface area contributed by atoms with Crippen LogP contribution in [0.2, 0.25) is 18.1 Å². The van der Waals surface area contributed by atoms with E-state index in [9.17, 15) is 0 Å². The topological polar surface area (TPSA) is 47.7 Å². The lowest BCUT2D eigenvalue weighted by atomic mass is 9.98. The molecule has 1 aliphatic heterocycles. The summed E-state index contributed by atoms with van der Waals surface area (Å²) in [6, 6.07) is 8.29. The summed E-state index contributed by atoms with van der Waals surface area (Å²) in [4.78, 5) is 2.49. The van der Waals surface area contributed by atoms with Crippen LogP contribution in [0.3, 0.4) is 0 Å². The summed E-state index contributed by atoms with van der Waals surface area (Å²) >= 11 is 0. The number of para-hydroxylation sites is 1. The van der Waals surface area contributed by atoms with Gasteiger partial charge in [0.2, 0.25) is 0 Å². The van der Waals surface area contributed by atoms with E-state index in [0.717, 1.165) is 38.2 Å². The highest BCUT2D eigenvalue weighted by molar-refractivity contribution is 6.74. The van der Waals surface area contributed by atoms with E-state index >= 15 is 0 Å². The minimum atomic E-state index is -1.78. The molecule has 0 spiro atoms. The predicted molar refractivity (Wildman–Crippen MR) is 118 cm³/mol. The van der Waals surface area contributed by atoms with Crippen LogP contribution in [-0.4, -0.2) is 52.6 Å². The van der Waals surface area contributed by atoms with Crippen molar-refractivity contribution in [3.05, 3.63) is 35.9 Å². The van der Waals surface area contributed by atoms with Gasteiger partial charge in [-0.25, -0.2) is 0 Å². The minimum Gasteiger partial charge on any atom is -0.496 e. The van der Waals surface area contributed by atoms with Gasteiger partial charge in [0.15, 0.2) is 8.32 Å². The van der Waals surface area contributed by atoms with Gasteiger partial charge in [0.1, 0.15) is 5.75 Å². The molecule has 1 heterocycles. The molecular formula is C22H38N2O2Si. The zero-order valence-electron chi connectivity index (χ0n) is 18.0. The Balaban J connectivity index is 2.02. The van der Waals surface area contributed by atoms with Crippen molar-refractivity contribution in [2.75, 3.05) is 33.3 Å². The molecule has 2 N–H and O–H groups in total. The summed E-state index contributed by atoms with van der Waals surface area (Å²) in [5.41, 5.74) is 8.48. The molecule has 1 aromatic rings. The molecule has 0 fully saturated rings. The van der Waals surface area contributed by atoms with Crippen LogP contribution in [0.5, 0.6) is 5.75 Å². The van der Waals surface area contributed by atoms with Crippen LogP contribution in [0.25, 0.3) is 5.57 Å². The molecule has 152 valence electrons. The molecule has 0 aliphatic carbocycles. The molecule has 27 heavy (non-hydrogen) atoms. The standard InChI is InChI=1S/C22H38N2O2Si/c1-22(2,3)27(5,6)26-19(11-14-23)17-24-15-12-18(13-16-24)20-9-7-8-10-21(20)25-4/h7-10,12,19H,11,13-17,23H2,1-6H3. The van der Waals surface area contributed by atoms with Gasteiger partial charge < -0.3 is 14.9 Å². The Hall–Kier alpha value is -1.14. The summed E-state index contributed by atoms with van der Waals surface area (Å²) in [5, 5.41) is 0.221. The lowest BCUT2D eigenvalue weighted by Crippen LogP contribution is -2.48. The highest BCUT2D eigenvalue weighted by Gasteiger charge is 2.39. The number of benzene rings is 1. The molecule has 2 rings (SSSR count). The molecule has 4 nitrogen and oxygen atoms in total. The quantitative estimate of drug-likeness (QED) is 0.663. The van der Waals surface area contributed by atoms with Crippen LogP contribution in [0, 0.1) is 0 Å². The van der Waals surface area contributed by atoms with Gasteiger partial charge in [0.05, 0.1) is 13.2 Å². The normalized spacial score (nSPS) is 17.5. The van der Waals surface area contributed by atoms with E-state index < -0.39 is 8.32 Å². The molecule has 5 heteroatoms. The molecule has 1 atom stereocenters. The van der Waals surface area contributed by atoms with Crippen molar-refractivity contribution >= 4 is 13.9 Å². The zero-order chi connectivity index (χ0) is 20.1. The van der Waals surface area contributed by atoms with Crippen molar-refractivity contribution in [1.82, 2.24) is 4.90 Å². The van der Waals surface area contributed by atoms with E-state index in [4.69, 9.17) is 14.9 Å². The zero-order valence-corrected chi connectivity index (χ0v) is 19.0. The molecular weight excluding hydrogens is 352 g/mol. The third kappa shape index (κ3) is 5.91. The average molecular weight is 391 g/mol. The fourth-order valence-corrected chi connectivity index (χ4v) is 4.67. The molecule has 1 aliphatic rings. The highest BCUT2D eigenvalue weighted by Crippen LogP contribution is 2.38. The van der Waals surface area contributed by atoms with Crippen molar-refractivity contribution in [3.8, 4) is 5.75 Å². The largest absolute Gasteiger partial charge is 0.496 e. The molecule has 1 aromatic carbocycles. The average Bonchev–Trinajstić information content (AvgIpc) is 2.61. The number of nitrogens with zero attached hydrogens (tertiary/aromatic N) is 1. The monoisotopic (exact) mass is 390 g/mol. The molecule has 0 amide bonds. The van der Waals surface area contributed by atoms with Crippen LogP contribution in [0.1, 0.15) is 39.2 Å². The van der Waals surface area contributed by atoms with Crippen LogP contribution in [-0.2, 0) is 4.43 Å². The van der Waals surface area contributed by atoms with E-state index in [1.165, 1.54) is 11.1 Å². The fraction of sp³-hybridized carbons (Fsp3) is 0.636.